The lowest BCUT2D eigenvalue weighted by atomic mass is 9.89. The van der Waals surface area contributed by atoms with E-state index < -0.39 is 6.29 Å². The quantitative estimate of drug-likeness (QED) is 0.167. The van der Waals surface area contributed by atoms with Crippen LogP contribution in [0.1, 0.15) is 99.9 Å². The standard InChI is InChI=1S/C36H51N3O5/c1-4-22-39(32-10-7-8-11-32)24-33-26(2)35(30-17-15-29(25-40)16-18-30)44-36(43-33)31-19-13-28(14-20-31)23-38-34(42)12-6-5-9-21-37-27(3)41/h4,13-20,26,32-33,35-36,40H,1,5-12,21-25H2,2-3H3,(H,37,41)(H,38,42)/t26-,33+,35+,36+/m0/s1. The number of amides is 2. The molecule has 4 atom stereocenters. The minimum absolute atomic E-state index is 0.0142. The molecule has 1 saturated heterocycles. The van der Waals surface area contributed by atoms with E-state index in [9.17, 15) is 14.7 Å². The van der Waals surface area contributed by atoms with Crippen LogP contribution in [0.2, 0.25) is 0 Å². The minimum Gasteiger partial charge on any atom is -0.392 e. The second-order valence-electron chi connectivity index (χ2n) is 12.3. The van der Waals surface area contributed by atoms with Crippen LogP contribution in [-0.4, -0.2) is 53.6 Å². The van der Waals surface area contributed by atoms with Crippen LogP contribution in [0.5, 0.6) is 0 Å². The largest absolute Gasteiger partial charge is 0.392 e. The van der Waals surface area contributed by atoms with Crippen molar-refractivity contribution in [1.29, 1.82) is 0 Å². The number of unbranched alkanes of at least 4 members (excludes halogenated alkanes) is 2. The number of ether oxygens (including phenoxy) is 2. The van der Waals surface area contributed by atoms with Crippen LogP contribution in [0.25, 0.3) is 0 Å². The number of rotatable bonds is 16. The topological polar surface area (TPSA) is 100 Å². The number of aliphatic hydroxyl groups is 1. The zero-order chi connectivity index (χ0) is 31.3. The first kappa shape index (κ1) is 33.8. The zero-order valence-electron chi connectivity index (χ0n) is 26.5. The van der Waals surface area contributed by atoms with Gasteiger partial charge in [0.05, 0.1) is 18.8 Å². The van der Waals surface area contributed by atoms with Crippen molar-refractivity contribution in [2.24, 2.45) is 5.92 Å². The summed E-state index contributed by atoms with van der Waals surface area (Å²) in [5, 5.41) is 15.3. The van der Waals surface area contributed by atoms with E-state index in [1.54, 1.807) is 0 Å². The third-order valence-electron chi connectivity index (χ3n) is 8.94. The summed E-state index contributed by atoms with van der Waals surface area (Å²) in [6, 6.07) is 16.7. The molecule has 1 aliphatic carbocycles. The van der Waals surface area contributed by atoms with E-state index in [0.717, 1.165) is 54.6 Å². The average molecular weight is 606 g/mol. The van der Waals surface area contributed by atoms with Gasteiger partial charge in [-0.05, 0) is 42.4 Å². The van der Waals surface area contributed by atoms with Gasteiger partial charge in [-0.25, -0.2) is 0 Å². The molecule has 8 heteroatoms. The van der Waals surface area contributed by atoms with Crippen molar-refractivity contribution in [2.75, 3.05) is 19.6 Å². The number of aliphatic hydroxyl groups excluding tert-OH is 1. The van der Waals surface area contributed by atoms with Gasteiger partial charge < -0.3 is 25.2 Å². The van der Waals surface area contributed by atoms with E-state index in [0.29, 0.717) is 25.6 Å². The zero-order valence-corrected chi connectivity index (χ0v) is 26.5. The molecular weight excluding hydrogens is 554 g/mol. The molecule has 1 heterocycles. The van der Waals surface area contributed by atoms with Crippen molar-refractivity contribution in [1.82, 2.24) is 15.5 Å². The van der Waals surface area contributed by atoms with Crippen molar-refractivity contribution in [3.63, 3.8) is 0 Å². The molecule has 2 aliphatic rings. The molecule has 0 bridgehead atoms. The predicted molar refractivity (Wildman–Crippen MR) is 172 cm³/mol. The molecule has 4 rings (SSSR count). The smallest absolute Gasteiger partial charge is 0.220 e. The summed E-state index contributed by atoms with van der Waals surface area (Å²) in [6.07, 6.45) is 9.34. The minimum atomic E-state index is -0.519. The number of carbonyl (C=O) groups excluding carboxylic acids is 2. The van der Waals surface area contributed by atoms with E-state index in [1.807, 2.05) is 42.5 Å². The van der Waals surface area contributed by atoms with Crippen molar-refractivity contribution in [3.05, 3.63) is 83.4 Å². The normalized spacial score (nSPS) is 22.2. The molecule has 0 aromatic heterocycles. The third kappa shape index (κ3) is 9.99. The summed E-state index contributed by atoms with van der Waals surface area (Å²) in [7, 11) is 0. The van der Waals surface area contributed by atoms with Crippen LogP contribution >= 0.6 is 0 Å². The van der Waals surface area contributed by atoms with Gasteiger partial charge >= 0.3 is 0 Å². The molecule has 8 nitrogen and oxygen atoms in total. The third-order valence-corrected chi connectivity index (χ3v) is 8.94. The Labute approximate surface area is 263 Å². The Morgan fingerprint density at radius 2 is 1.64 bits per heavy atom. The van der Waals surface area contributed by atoms with E-state index in [4.69, 9.17) is 9.47 Å². The fourth-order valence-corrected chi connectivity index (χ4v) is 6.30. The van der Waals surface area contributed by atoms with Gasteiger partial charge in [-0.1, -0.05) is 80.8 Å². The lowest BCUT2D eigenvalue weighted by molar-refractivity contribution is -0.276. The van der Waals surface area contributed by atoms with Crippen molar-refractivity contribution in [3.8, 4) is 0 Å². The number of benzene rings is 2. The monoisotopic (exact) mass is 605 g/mol. The molecule has 0 spiro atoms. The second kappa shape index (κ2) is 17.4. The highest BCUT2D eigenvalue weighted by Crippen LogP contribution is 2.42. The summed E-state index contributed by atoms with van der Waals surface area (Å²) >= 11 is 0. The van der Waals surface area contributed by atoms with Gasteiger partial charge in [-0.2, -0.15) is 0 Å². The van der Waals surface area contributed by atoms with Gasteiger partial charge in [0.25, 0.3) is 0 Å². The first-order valence-corrected chi connectivity index (χ1v) is 16.3. The SMILES string of the molecule is C=CCN(C[C@H]1O[C@@H](c2ccc(CNC(=O)CCCCCNC(C)=O)cc2)O[C@@H](c2ccc(CO)cc2)[C@H]1C)C1CCCC1. The maximum Gasteiger partial charge on any atom is 0.220 e. The summed E-state index contributed by atoms with van der Waals surface area (Å²) in [6.45, 7) is 10.5. The molecule has 2 aromatic carbocycles. The molecule has 1 saturated carbocycles. The van der Waals surface area contributed by atoms with Crippen LogP contribution < -0.4 is 10.6 Å². The Bertz CT molecular complexity index is 1180. The van der Waals surface area contributed by atoms with Crippen LogP contribution in [-0.2, 0) is 32.2 Å². The van der Waals surface area contributed by atoms with E-state index in [2.05, 4.69) is 41.2 Å². The van der Waals surface area contributed by atoms with Crippen molar-refractivity contribution in [2.45, 2.75) is 103 Å². The van der Waals surface area contributed by atoms with E-state index in [1.165, 1.54) is 32.6 Å². The number of hydrogen-bond donors (Lipinski definition) is 3. The van der Waals surface area contributed by atoms with E-state index in [-0.39, 0.29) is 36.5 Å². The Morgan fingerprint density at radius 1 is 0.955 bits per heavy atom. The van der Waals surface area contributed by atoms with Crippen molar-refractivity contribution >= 4 is 11.8 Å². The lowest BCUT2D eigenvalue weighted by Crippen LogP contribution is -2.47. The molecule has 0 unspecified atom stereocenters. The Kier molecular flexibility index (Phi) is 13.4. The summed E-state index contributed by atoms with van der Waals surface area (Å²) in [4.78, 5) is 25.8. The fourth-order valence-electron chi connectivity index (χ4n) is 6.30. The predicted octanol–water partition coefficient (Wildman–Crippen LogP) is 5.71. The molecule has 0 radical (unpaired) electrons. The Hall–Kier alpha value is -3.04. The van der Waals surface area contributed by atoms with Crippen molar-refractivity contribution < 1.29 is 24.2 Å². The Balaban J connectivity index is 1.39. The maximum atomic E-state index is 12.3. The highest BCUT2D eigenvalue weighted by atomic mass is 16.7. The van der Waals surface area contributed by atoms with E-state index >= 15 is 0 Å². The molecule has 3 N–H and O–H groups in total. The molecule has 44 heavy (non-hydrogen) atoms. The molecule has 2 fully saturated rings. The number of hydrogen-bond acceptors (Lipinski definition) is 6. The van der Waals surface area contributed by atoms with Crippen LogP contribution in [0.4, 0.5) is 0 Å². The van der Waals surface area contributed by atoms with Gasteiger partial charge in [0.15, 0.2) is 6.29 Å². The molecule has 1 aliphatic heterocycles. The Morgan fingerprint density at radius 3 is 2.30 bits per heavy atom. The average Bonchev–Trinajstić information content (AvgIpc) is 3.58. The van der Waals surface area contributed by atoms with Gasteiger partial charge in [-0.15, -0.1) is 6.58 Å². The van der Waals surface area contributed by atoms with Gasteiger partial charge in [0, 0.05) is 57.0 Å². The van der Waals surface area contributed by atoms with Gasteiger partial charge in [0.2, 0.25) is 11.8 Å². The molecule has 2 aromatic rings. The highest BCUT2D eigenvalue weighted by molar-refractivity contribution is 5.75. The van der Waals surface area contributed by atoms with Crippen LogP contribution in [0, 0.1) is 5.92 Å². The molecule has 2 amide bonds. The number of carbonyl (C=O) groups is 2. The van der Waals surface area contributed by atoms with Gasteiger partial charge in [-0.3, -0.25) is 14.5 Å². The molecule has 240 valence electrons. The first-order chi connectivity index (χ1) is 21.4. The molecular formula is C36H51N3O5. The summed E-state index contributed by atoms with van der Waals surface area (Å²) < 4.78 is 13.4. The summed E-state index contributed by atoms with van der Waals surface area (Å²) in [5.41, 5.74) is 3.93. The van der Waals surface area contributed by atoms with Crippen LogP contribution in [0.3, 0.4) is 0 Å². The second-order valence-corrected chi connectivity index (χ2v) is 12.3. The first-order valence-electron chi connectivity index (χ1n) is 16.3. The number of nitrogens with one attached hydrogen (secondary N) is 2. The van der Waals surface area contributed by atoms with Crippen LogP contribution in [0.15, 0.2) is 61.2 Å². The number of nitrogens with zero attached hydrogens (tertiary/aromatic N) is 1. The summed E-state index contributed by atoms with van der Waals surface area (Å²) in [5.74, 6) is 0.137. The fraction of sp³-hybridized carbons (Fsp3) is 0.556. The van der Waals surface area contributed by atoms with Gasteiger partial charge in [0.1, 0.15) is 0 Å². The maximum absolute atomic E-state index is 12.3. The highest BCUT2D eigenvalue weighted by Gasteiger charge is 2.40. The lowest BCUT2D eigenvalue weighted by Gasteiger charge is -2.43.